The molecule has 0 saturated heterocycles. The first-order valence-electron chi connectivity index (χ1n) is 1.55. The molecule has 0 unspecified atom stereocenters. The fourth-order valence-corrected chi connectivity index (χ4v) is 0.107. The molecule has 0 fully saturated rings. The van der Waals surface area contributed by atoms with Crippen molar-refractivity contribution >= 4 is 0 Å². The Kier molecular flexibility index (Phi) is 3.26. The van der Waals surface area contributed by atoms with E-state index < -0.39 is 0 Å². The lowest BCUT2D eigenvalue weighted by atomic mass is 10.5. The minimum Gasteiger partial charge on any atom is -0.0926 e. The average molecular weight is 77.1 g/mol. The largest absolute Gasteiger partial charge is 0.168 e. The zero-order chi connectivity index (χ0) is 4.83. The highest BCUT2D eigenvalue weighted by Gasteiger charge is 1.63. The van der Waals surface area contributed by atoms with E-state index in [1.807, 2.05) is 0 Å². The van der Waals surface area contributed by atoms with Crippen LogP contribution in [0.3, 0.4) is 0 Å². The smallest absolute Gasteiger partial charge is 0.0926 e. The van der Waals surface area contributed by atoms with Gasteiger partial charge in [0.1, 0.15) is 6.08 Å². The molecule has 0 radical (unpaired) electrons. The first kappa shape index (κ1) is 4.95. The van der Waals surface area contributed by atoms with Crippen molar-refractivity contribution in [2.45, 2.75) is 0 Å². The van der Waals surface area contributed by atoms with Crippen LogP contribution in [0.25, 0.3) is 0 Å². The van der Waals surface area contributed by atoms with Crippen LogP contribution in [0, 0.1) is 18.4 Å². The fraction of sp³-hybridized carbons (Fsp3) is 0. The van der Waals surface area contributed by atoms with Crippen LogP contribution < -0.4 is 0 Å². The molecule has 0 aliphatic rings. The predicted octanol–water partition coefficient (Wildman–Crippen LogP) is 1.16. The standard InChI is InChI=1S/C6H5/c1-3-5-6-4-2/h1,5-6H,2H2/q+1/b6-5-. The molecule has 0 aromatic rings. The van der Waals surface area contributed by atoms with Crippen LogP contribution in [0.2, 0.25) is 0 Å². The molecular formula is C6H5+. The van der Waals surface area contributed by atoms with E-state index in [4.69, 9.17) is 6.42 Å². The summed E-state index contributed by atoms with van der Waals surface area (Å²) in [6.45, 7) is 3.29. The molecule has 0 spiro atoms. The van der Waals surface area contributed by atoms with Crippen LogP contribution in [-0.2, 0) is 0 Å². The maximum atomic E-state index is 4.81. The summed E-state index contributed by atoms with van der Waals surface area (Å²) in [4.78, 5) is 0. The molecule has 0 aromatic heterocycles. The monoisotopic (exact) mass is 77.0 g/mol. The van der Waals surface area contributed by atoms with Crippen molar-refractivity contribution in [3.05, 3.63) is 24.8 Å². The number of rotatable bonds is 1. The number of hydrogen-bond donors (Lipinski definition) is 0. The van der Waals surface area contributed by atoms with Gasteiger partial charge in [-0.3, -0.25) is 0 Å². The second-order valence-corrected chi connectivity index (χ2v) is 0.704. The Bertz CT molecular complexity index is 91.1. The van der Waals surface area contributed by atoms with E-state index in [9.17, 15) is 0 Å². The number of hydrogen-bond acceptors (Lipinski definition) is 0. The van der Waals surface area contributed by atoms with Gasteiger partial charge in [0.25, 0.3) is 0 Å². The molecular weight excluding hydrogens is 72.1 g/mol. The second-order valence-electron chi connectivity index (χ2n) is 0.704. The summed E-state index contributed by atoms with van der Waals surface area (Å²) in [5.41, 5.74) is 0. The van der Waals surface area contributed by atoms with Crippen molar-refractivity contribution in [3.8, 4) is 12.3 Å². The van der Waals surface area contributed by atoms with Crippen LogP contribution >= 0.6 is 0 Å². The van der Waals surface area contributed by atoms with Crippen LogP contribution in [-0.4, -0.2) is 0 Å². The molecule has 0 amide bonds. The van der Waals surface area contributed by atoms with Crippen LogP contribution in [0.1, 0.15) is 0 Å². The summed E-state index contributed by atoms with van der Waals surface area (Å²) >= 11 is 0. The van der Waals surface area contributed by atoms with Crippen LogP contribution in [0.5, 0.6) is 0 Å². The van der Waals surface area contributed by atoms with Gasteiger partial charge in [0.15, 0.2) is 6.08 Å². The summed E-state index contributed by atoms with van der Waals surface area (Å²) in [5, 5.41) is 0. The van der Waals surface area contributed by atoms with Gasteiger partial charge >= 0.3 is 0 Å². The predicted molar refractivity (Wildman–Crippen MR) is 26.8 cm³/mol. The maximum Gasteiger partial charge on any atom is 0.168 e. The highest BCUT2D eigenvalue weighted by atomic mass is 13.5. The van der Waals surface area contributed by atoms with Crippen molar-refractivity contribution < 1.29 is 0 Å². The summed E-state index contributed by atoms with van der Waals surface area (Å²) < 4.78 is 0. The highest BCUT2D eigenvalue weighted by Crippen LogP contribution is 1.63. The van der Waals surface area contributed by atoms with Gasteiger partial charge in [0, 0.05) is 12.5 Å². The third-order valence-corrected chi connectivity index (χ3v) is 0.297. The number of allylic oxidation sites excluding steroid dienone is 3. The lowest BCUT2D eigenvalue weighted by Gasteiger charge is -1.41. The lowest BCUT2D eigenvalue weighted by molar-refractivity contribution is 1.96. The van der Waals surface area contributed by atoms with Crippen molar-refractivity contribution in [3.63, 3.8) is 0 Å². The van der Waals surface area contributed by atoms with E-state index in [0.717, 1.165) is 0 Å². The number of terminal acetylenes is 1. The Hall–Kier alpha value is -1.05. The van der Waals surface area contributed by atoms with E-state index >= 15 is 0 Å². The van der Waals surface area contributed by atoms with E-state index in [0.29, 0.717) is 0 Å². The zero-order valence-corrected chi connectivity index (χ0v) is 3.44. The third kappa shape index (κ3) is 2.95. The Morgan fingerprint density at radius 2 is 2.50 bits per heavy atom. The van der Waals surface area contributed by atoms with Crippen LogP contribution in [0.4, 0.5) is 0 Å². The maximum absolute atomic E-state index is 4.81. The molecule has 0 heterocycles. The van der Waals surface area contributed by atoms with E-state index in [1.165, 1.54) is 6.08 Å². The Labute approximate surface area is 38.2 Å². The van der Waals surface area contributed by atoms with Crippen LogP contribution in [0.15, 0.2) is 18.7 Å². The van der Waals surface area contributed by atoms with Gasteiger partial charge < -0.3 is 0 Å². The summed E-state index contributed by atoms with van der Waals surface area (Å²) in [6.07, 6.45) is 10.4. The third-order valence-electron chi connectivity index (χ3n) is 0.297. The van der Waals surface area contributed by atoms with Gasteiger partial charge in [0.05, 0.1) is 6.08 Å². The summed E-state index contributed by atoms with van der Waals surface area (Å²) in [6, 6.07) is 0. The van der Waals surface area contributed by atoms with Gasteiger partial charge in [-0.1, -0.05) is 6.42 Å². The molecule has 0 bridgehead atoms. The molecule has 6 heavy (non-hydrogen) atoms. The highest BCUT2D eigenvalue weighted by molar-refractivity contribution is 5.11. The topological polar surface area (TPSA) is 0 Å². The fourth-order valence-electron chi connectivity index (χ4n) is 0.107. The van der Waals surface area contributed by atoms with Crippen molar-refractivity contribution in [2.24, 2.45) is 0 Å². The lowest BCUT2D eigenvalue weighted by Crippen LogP contribution is -1.41. The average Bonchev–Trinajstić information content (AvgIpc) is 1.61. The van der Waals surface area contributed by atoms with Crippen molar-refractivity contribution in [1.82, 2.24) is 0 Å². The molecule has 0 nitrogen and oxygen atoms in total. The molecule has 0 aliphatic carbocycles. The summed E-state index contributed by atoms with van der Waals surface area (Å²) in [7, 11) is 0. The molecule has 0 N–H and O–H groups in total. The zero-order valence-electron chi connectivity index (χ0n) is 3.44. The van der Waals surface area contributed by atoms with Gasteiger partial charge in [0.2, 0.25) is 0 Å². The molecule has 0 aromatic carbocycles. The van der Waals surface area contributed by atoms with Crippen molar-refractivity contribution in [2.75, 3.05) is 0 Å². The normalized spacial score (nSPS) is 7.17. The van der Waals surface area contributed by atoms with Gasteiger partial charge in [-0.2, -0.15) is 0 Å². The Morgan fingerprint density at radius 1 is 1.83 bits per heavy atom. The van der Waals surface area contributed by atoms with E-state index in [2.05, 4.69) is 18.6 Å². The van der Waals surface area contributed by atoms with Gasteiger partial charge in [-0.05, 0) is 0 Å². The molecule has 28 valence electrons. The molecule has 0 saturated carbocycles. The SMILES string of the molecule is C#C/C=C\[C+]=C. The van der Waals surface area contributed by atoms with E-state index in [-0.39, 0.29) is 0 Å². The first-order valence-corrected chi connectivity index (χ1v) is 1.55. The van der Waals surface area contributed by atoms with Gasteiger partial charge in [-0.25, -0.2) is 0 Å². The minimum atomic E-state index is 1.53. The molecule has 0 rings (SSSR count). The summed E-state index contributed by atoms with van der Waals surface area (Å²) in [5.74, 6) is 2.29. The molecule has 0 atom stereocenters. The Balaban J connectivity index is 3.26. The first-order chi connectivity index (χ1) is 2.91. The van der Waals surface area contributed by atoms with E-state index in [1.54, 1.807) is 6.08 Å². The molecule has 0 aliphatic heterocycles. The Morgan fingerprint density at radius 3 is 2.67 bits per heavy atom. The minimum absolute atomic E-state index is 1.53. The van der Waals surface area contributed by atoms with Crippen molar-refractivity contribution in [1.29, 1.82) is 0 Å². The second kappa shape index (κ2) is 3.95. The van der Waals surface area contributed by atoms with Gasteiger partial charge in [-0.15, -0.1) is 0 Å². The quantitative estimate of drug-likeness (QED) is 0.250. The molecule has 0 heteroatoms.